The molecule has 1 aromatic carbocycles. The zero-order chi connectivity index (χ0) is 14.6. The minimum atomic E-state index is -0.601. The number of piperidine rings is 1. The largest absolute Gasteiger partial charge is 0.458 e. The summed E-state index contributed by atoms with van der Waals surface area (Å²) in [6.07, 6.45) is 1.85. The summed E-state index contributed by atoms with van der Waals surface area (Å²) >= 11 is 0. The SMILES string of the molecule is CC(C)(CN)OC(=O)[C@H]1CCCN[C@@H]1c1ccccc1. The van der Waals surface area contributed by atoms with E-state index in [4.69, 9.17) is 10.5 Å². The fraction of sp³-hybridized carbons (Fsp3) is 0.562. The number of carbonyl (C=O) groups is 1. The number of hydrogen-bond donors (Lipinski definition) is 2. The lowest BCUT2D eigenvalue weighted by molar-refractivity contribution is -0.162. The lowest BCUT2D eigenvalue weighted by Crippen LogP contribution is -2.43. The third-order valence-electron chi connectivity index (χ3n) is 3.79. The van der Waals surface area contributed by atoms with E-state index in [0.29, 0.717) is 6.54 Å². The van der Waals surface area contributed by atoms with Crippen molar-refractivity contribution in [3.05, 3.63) is 35.9 Å². The van der Waals surface area contributed by atoms with Crippen LogP contribution in [0.25, 0.3) is 0 Å². The first-order valence-electron chi connectivity index (χ1n) is 7.25. The van der Waals surface area contributed by atoms with Gasteiger partial charge in [-0.15, -0.1) is 0 Å². The zero-order valence-corrected chi connectivity index (χ0v) is 12.3. The van der Waals surface area contributed by atoms with E-state index in [-0.39, 0.29) is 17.9 Å². The molecule has 20 heavy (non-hydrogen) atoms. The van der Waals surface area contributed by atoms with Crippen molar-refractivity contribution >= 4 is 5.97 Å². The topological polar surface area (TPSA) is 64.3 Å². The van der Waals surface area contributed by atoms with Gasteiger partial charge < -0.3 is 15.8 Å². The molecule has 1 aliphatic rings. The van der Waals surface area contributed by atoms with Crippen LogP contribution in [0.5, 0.6) is 0 Å². The molecule has 0 radical (unpaired) electrons. The predicted octanol–water partition coefficient (Wildman–Crippen LogP) is 2.01. The number of ether oxygens (including phenoxy) is 1. The standard InChI is InChI=1S/C16H24N2O2/c1-16(2,11-17)20-15(19)13-9-6-10-18-14(13)12-7-4-3-5-8-12/h3-5,7-8,13-14,18H,6,9-11,17H2,1-2H3/t13-,14+/m0/s1. The molecule has 0 amide bonds. The van der Waals surface area contributed by atoms with Gasteiger partial charge in [-0.05, 0) is 38.8 Å². The molecule has 1 saturated heterocycles. The maximum absolute atomic E-state index is 12.4. The Morgan fingerprint density at radius 1 is 1.40 bits per heavy atom. The molecule has 1 aromatic rings. The Bertz CT molecular complexity index is 445. The van der Waals surface area contributed by atoms with Crippen LogP contribution in [-0.4, -0.2) is 24.7 Å². The summed E-state index contributed by atoms with van der Waals surface area (Å²) in [6.45, 7) is 4.95. The average molecular weight is 276 g/mol. The van der Waals surface area contributed by atoms with Crippen LogP contribution in [0.3, 0.4) is 0 Å². The third-order valence-corrected chi connectivity index (χ3v) is 3.79. The highest BCUT2D eigenvalue weighted by Gasteiger charge is 2.35. The Morgan fingerprint density at radius 2 is 2.10 bits per heavy atom. The maximum atomic E-state index is 12.4. The molecule has 1 aliphatic heterocycles. The first-order chi connectivity index (χ1) is 9.53. The molecule has 110 valence electrons. The van der Waals surface area contributed by atoms with E-state index in [1.165, 1.54) is 0 Å². The molecule has 0 saturated carbocycles. The van der Waals surface area contributed by atoms with Gasteiger partial charge in [0.2, 0.25) is 0 Å². The Hall–Kier alpha value is -1.39. The van der Waals surface area contributed by atoms with E-state index >= 15 is 0 Å². The quantitative estimate of drug-likeness (QED) is 0.826. The van der Waals surface area contributed by atoms with Crippen LogP contribution in [0.4, 0.5) is 0 Å². The molecule has 2 rings (SSSR count). The second-order valence-electron chi connectivity index (χ2n) is 5.98. The zero-order valence-electron chi connectivity index (χ0n) is 12.3. The van der Waals surface area contributed by atoms with Gasteiger partial charge in [-0.2, -0.15) is 0 Å². The van der Waals surface area contributed by atoms with E-state index in [2.05, 4.69) is 17.4 Å². The lowest BCUT2D eigenvalue weighted by atomic mass is 9.86. The predicted molar refractivity (Wildman–Crippen MR) is 79.1 cm³/mol. The minimum Gasteiger partial charge on any atom is -0.458 e. The third kappa shape index (κ3) is 3.58. The molecule has 0 aromatic heterocycles. The molecule has 4 nitrogen and oxygen atoms in total. The number of esters is 1. The summed E-state index contributed by atoms with van der Waals surface area (Å²) in [4.78, 5) is 12.4. The van der Waals surface area contributed by atoms with Crippen LogP contribution in [0.2, 0.25) is 0 Å². The van der Waals surface area contributed by atoms with E-state index in [1.807, 2.05) is 32.0 Å². The summed E-state index contributed by atoms with van der Waals surface area (Å²) in [5, 5.41) is 3.44. The molecule has 0 spiro atoms. The highest BCUT2D eigenvalue weighted by Crippen LogP contribution is 2.31. The Kier molecular flexibility index (Phi) is 4.78. The summed E-state index contributed by atoms with van der Waals surface area (Å²) in [7, 11) is 0. The van der Waals surface area contributed by atoms with Crippen molar-refractivity contribution in [2.45, 2.75) is 38.3 Å². The van der Waals surface area contributed by atoms with Crippen LogP contribution in [0, 0.1) is 5.92 Å². The molecule has 0 unspecified atom stereocenters. The van der Waals surface area contributed by atoms with Crippen molar-refractivity contribution in [2.75, 3.05) is 13.1 Å². The summed E-state index contributed by atoms with van der Waals surface area (Å²) < 4.78 is 5.57. The van der Waals surface area contributed by atoms with Gasteiger partial charge in [0.15, 0.2) is 0 Å². The molecular formula is C16H24N2O2. The smallest absolute Gasteiger partial charge is 0.311 e. The van der Waals surface area contributed by atoms with Crippen molar-refractivity contribution in [1.82, 2.24) is 5.32 Å². The minimum absolute atomic E-state index is 0.0334. The fourth-order valence-corrected chi connectivity index (χ4v) is 2.54. The van der Waals surface area contributed by atoms with Crippen LogP contribution < -0.4 is 11.1 Å². The summed E-state index contributed by atoms with van der Waals surface area (Å²) in [6, 6.07) is 10.1. The van der Waals surface area contributed by atoms with Gasteiger partial charge in [0, 0.05) is 12.6 Å². The van der Waals surface area contributed by atoms with Crippen molar-refractivity contribution in [2.24, 2.45) is 11.7 Å². The number of nitrogens with one attached hydrogen (secondary N) is 1. The van der Waals surface area contributed by atoms with Gasteiger partial charge in [0.25, 0.3) is 0 Å². The first-order valence-corrected chi connectivity index (χ1v) is 7.25. The lowest BCUT2D eigenvalue weighted by Gasteiger charge is -2.34. The number of hydrogen-bond acceptors (Lipinski definition) is 4. The molecule has 1 fully saturated rings. The van der Waals surface area contributed by atoms with Gasteiger partial charge in [0.05, 0.1) is 5.92 Å². The Labute approximate surface area is 120 Å². The monoisotopic (exact) mass is 276 g/mol. The van der Waals surface area contributed by atoms with Crippen molar-refractivity contribution in [3.63, 3.8) is 0 Å². The second kappa shape index (κ2) is 6.37. The van der Waals surface area contributed by atoms with E-state index in [0.717, 1.165) is 24.9 Å². The van der Waals surface area contributed by atoms with Crippen LogP contribution in [0.15, 0.2) is 30.3 Å². The van der Waals surface area contributed by atoms with E-state index < -0.39 is 5.60 Å². The fourth-order valence-electron chi connectivity index (χ4n) is 2.54. The van der Waals surface area contributed by atoms with Crippen molar-refractivity contribution in [1.29, 1.82) is 0 Å². The average Bonchev–Trinajstić information content (AvgIpc) is 2.48. The van der Waals surface area contributed by atoms with Crippen LogP contribution >= 0.6 is 0 Å². The normalized spacial score (nSPS) is 23.4. The van der Waals surface area contributed by atoms with Gasteiger partial charge >= 0.3 is 5.97 Å². The highest BCUT2D eigenvalue weighted by atomic mass is 16.6. The second-order valence-corrected chi connectivity index (χ2v) is 5.98. The van der Waals surface area contributed by atoms with Crippen molar-refractivity contribution < 1.29 is 9.53 Å². The van der Waals surface area contributed by atoms with Gasteiger partial charge in [-0.1, -0.05) is 30.3 Å². The van der Waals surface area contributed by atoms with Gasteiger partial charge in [0.1, 0.15) is 5.60 Å². The van der Waals surface area contributed by atoms with Gasteiger partial charge in [-0.3, -0.25) is 4.79 Å². The van der Waals surface area contributed by atoms with Crippen molar-refractivity contribution in [3.8, 4) is 0 Å². The Morgan fingerprint density at radius 3 is 2.75 bits per heavy atom. The molecular weight excluding hydrogens is 252 g/mol. The molecule has 0 bridgehead atoms. The van der Waals surface area contributed by atoms with Crippen LogP contribution in [-0.2, 0) is 9.53 Å². The Balaban J connectivity index is 2.13. The molecule has 2 atom stereocenters. The van der Waals surface area contributed by atoms with Crippen LogP contribution in [0.1, 0.15) is 38.3 Å². The van der Waals surface area contributed by atoms with E-state index in [9.17, 15) is 4.79 Å². The van der Waals surface area contributed by atoms with Gasteiger partial charge in [-0.25, -0.2) is 0 Å². The highest BCUT2D eigenvalue weighted by molar-refractivity contribution is 5.74. The number of benzene rings is 1. The summed E-state index contributed by atoms with van der Waals surface area (Å²) in [5.41, 5.74) is 6.17. The first kappa shape index (κ1) is 15.0. The maximum Gasteiger partial charge on any atom is 0.311 e. The molecule has 0 aliphatic carbocycles. The molecule has 4 heteroatoms. The number of nitrogens with two attached hydrogens (primary N) is 1. The van der Waals surface area contributed by atoms with E-state index in [1.54, 1.807) is 0 Å². The number of carbonyl (C=O) groups excluding carboxylic acids is 1. The molecule has 1 heterocycles. The summed E-state index contributed by atoms with van der Waals surface area (Å²) in [5.74, 6) is -0.293. The number of rotatable bonds is 4. The molecule has 3 N–H and O–H groups in total.